The molecule has 0 atom stereocenters. The van der Waals surface area contributed by atoms with Gasteiger partial charge >= 0.3 is 0 Å². The maximum Gasteiger partial charge on any atom is 0.142 e. The number of phenolic OH excluding ortho intramolecular Hbond substituents is 2. The number of aromatic nitrogens is 2. The first kappa shape index (κ1) is 13.2. The Morgan fingerprint density at radius 1 is 0.952 bits per heavy atom. The molecule has 3 aromatic rings. The molecule has 0 fully saturated rings. The molecule has 0 saturated carbocycles. The molecule has 2 aromatic carbocycles. The minimum Gasteiger partial charge on any atom is -0.508 e. The number of anilines is 2. The second kappa shape index (κ2) is 4.94. The van der Waals surface area contributed by atoms with Crippen LogP contribution in [-0.4, -0.2) is 20.2 Å². The largest absolute Gasteiger partial charge is 0.508 e. The molecule has 0 saturated heterocycles. The predicted molar refractivity (Wildman–Crippen MR) is 82.1 cm³/mol. The number of hydrogen-bond acceptors (Lipinski definition) is 5. The Labute approximate surface area is 121 Å². The maximum atomic E-state index is 9.86. The van der Waals surface area contributed by atoms with Crippen molar-refractivity contribution in [2.24, 2.45) is 0 Å². The topological polar surface area (TPSA) is 78.3 Å². The third-order valence-electron chi connectivity index (χ3n) is 3.49. The summed E-state index contributed by atoms with van der Waals surface area (Å²) < 4.78 is 0. The number of aromatic hydroxyl groups is 2. The van der Waals surface area contributed by atoms with Crippen LogP contribution in [0.4, 0.5) is 11.5 Å². The fraction of sp³-hybridized carbons (Fsp3) is 0.125. The zero-order valence-electron chi connectivity index (χ0n) is 11.8. The van der Waals surface area contributed by atoms with Crippen LogP contribution in [0.15, 0.2) is 36.7 Å². The Bertz CT molecular complexity index is 831. The molecule has 21 heavy (non-hydrogen) atoms. The number of fused-ring (bicyclic) bond motifs is 1. The maximum absolute atomic E-state index is 9.86. The molecule has 1 aromatic heterocycles. The quantitative estimate of drug-likeness (QED) is 0.495. The van der Waals surface area contributed by atoms with Gasteiger partial charge < -0.3 is 15.5 Å². The van der Waals surface area contributed by atoms with Crippen LogP contribution < -0.4 is 5.32 Å². The van der Waals surface area contributed by atoms with Crippen LogP contribution in [0.2, 0.25) is 0 Å². The molecule has 1 heterocycles. The van der Waals surface area contributed by atoms with Crippen LogP contribution in [0.3, 0.4) is 0 Å². The van der Waals surface area contributed by atoms with Crippen LogP contribution in [0.1, 0.15) is 11.1 Å². The number of nitrogens with one attached hydrogen (secondary N) is 1. The Balaban J connectivity index is 2.10. The highest BCUT2D eigenvalue weighted by molar-refractivity contribution is 5.92. The van der Waals surface area contributed by atoms with Crippen molar-refractivity contribution in [3.05, 3.63) is 47.8 Å². The Hall–Kier alpha value is -2.82. The van der Waals surface area contributed by atoms with Crippen molar-refractivity contribution in [3.63, 3.8) is 0 Å². The summed E-state index contributed by atoms with van der Waals surface area (Å²) in [7, 11) is 0. The highest BCUT2D eigenvalue weighted by Gasteiger charge is 2.08. The highest BCUT2D eigenvalue weighted by Crippen LogP contribution is 2.32. The van der Waals surface area contributed by atoms with Crippen LogP contribution in [0.5, 0.6) is 11.5 Å². The van der Waals surface area contributed by atoms with Crippen LogP contribution in [0, 0.1) is 13.8 Å². The molecule has 3 rings (SSSR count). The van der Waals surface area contributed by atoms with E-state index in [0.717, 1.165) is 16.5 Å². The van der Waals surface area contributed by atoms with Crippen molar-refractivity contribution in [3.8, 4) is 11.5 Å². The molecule has 0 spiro atoms. The molecule has 0 aliphatic carbocycles. The summed E-state index contributed by atoms with van der Waals surface area (Å²) in [5.74, 6) is 0.590. The normalized spacial score (nSPS) is 10.8. The summed E-state index contributed by atoms with van der Waals surface area (Å²) in [5, 5.41) is 23.1. The van der Waals surface area contributed by atoms with Crippen molar-refractivity contribution in [2.75, 3.05) is 5.32 Å². The molecule has 0 amide bonds. The van der Waals surface area contributed by atoms with Gasteiger partial charge in [-0.3, -0.25) is 0 Å². The minimum atomic E-state index is -0.0365. The number of phenols is 2. The molecule has 5 nitrogen and oxygen atoms in total. The van der Waals surface area contributed by atoms with Crippen molar-refractivity contribution in [1.29, 1.82) is 0 Å². The lowest BCUT2D eigenvalue weighted by Crippen LogP contribution is -1.97. The zero-order valence-corrected chi connectivity index (χ0v) is 11.8. The minimum absolute atomic E-state index is 0.0112. The average molecular weight is 281 g/mol. The van der Waals surface area contributed by atoms with E-state index in [1.807, 2.05) is 26.0 Å². The van der Waals surface area contributed by atoms with E-state index in [0.29, 0.717) is 11.5 Å². The Morgan fingerprint density at radius 2 is 1.71 bits per heavy atom. The average Bonchev–Trinajstić information content (AvgIpc) is 2.44. The zero-order chi connectivity index (χ0) is 15.0. The number of nitrogens with zero attached hydrogens (tertiary/aromatic N) is 2. The lowest BCUT2D eigenvalue weighted by molar-refractivity contribution is 0.452. The highest BCUT2D eigenvalue weighted by atomic mass is 16.3. The molecule has 0 radical (unpaired) electrons. The van der Waals surface area contributed by atoms with E-state index < -0.39 is 0 Å². The van der Waals surface area contributed by atoms with E-state index in [1.165, 1.54) is 24.0 Å². The van der Waals surface area contributed by atoms with Gasteiger partial charge in [0.05, 0.1) is 11.2 Å². The van der Waals surface area contributed by atoms with E-state index in [1.54, 1.807) is 6.07 Å². The summed E-state index contributed by atoms with van der Waals surface area (Å²) in [6, 6.07) is 8.40. The monoisotopic (exact) mass is 281 g/mol. The Kier molecular flexibility index (Phi) is 3.10. The molecular weight excluding hydrogens is 266 g/mol. The van der Waals surface area contributed by atoms with E-state index in [2.05, 4.69) is 15.3 Å². The van der Waals surface area contributed by atoms with Crippen LogP contribution >= 0.6 is 0 Å². The van der Waals surface area contributed by atoms with Crippen molar-refractivity contribution >= 4 is 22.4 Å². The van der Waals surface area contributed by atoms with Gasteiger partial charge in [0.25, 0.3) is 0 Å². The third kappa shape index (κ3) is 2.45. The summed E-state index contributed by atoms with van der Waals surface area (Å²) in [6.07, 6.45) is 1.48. The van der Waals surface area contributed by atoms with Gasteiger partial charge in [-0.2, -0.15) is 0 Å². The molecular formula is C16H15N3O2. The van der Waals surface area contributed by atoms with Crippen LogP contribution in [0.25, 0.3) is 10.9 Å². The van der Waals surface area contributed by atoms with Gasteiger partial charge in [0, 0.05) is 11.5 Å². The van der Waals surface area contributed by atoms with Gasteiger partial charge in [-0.25, -0.2) is 9.97 Å². The van der Waals surface area contributed by atoms with Crippen molar-refractivity contribution < 1.29 is 10.2 Å². The Morgan fingerprint density at radius 3 is 2.48 bits per heavy atom. The summed E-state index contributed by atoms with van der Waals surface area (Å²) >= 11 is 0. The van der Waals surface area contributed by atoms with E-state index >= 15 is 0 Å². The van der Waals surface area contributed by atoms with Gasteiger partial charge in [0.15, 0.2) is 0 Å². The molecule has 106 valence electrons. The van der Waals surface area contributed by atoms with E-state index in [9.17, 15) is 10.2 Å². The van der Waals surface area contributed by atoms with Gasteiger partial charge in [-0.1, -0.05) is 0 Å². The molecule has 5 heteroatoms. The summed E-state index contributed by atoms with van der Waals surface area (Å²) in [4.78, 5) is 8.51. The van der Waals surface area contributed by atoms with Gasteiger partial charge in [-0.05, 0) is 49.2 Å². The molecule has 0 aliphatic heterocycles. The molecule has 0 aliphatic rings. The second-order valence-electron chi connectivity index (χ2n) is 5.00. The first-order valence-corrected chi connectivity index (χ1v) is 6.55. The number of rotatable bonds is 2. The lowest BCUT2D eigenvalue weighted by atomic mass is 10.1. The molecule has 3 N–H and O–H groups in total. The number of benzene rings is 2. The second-order valence-corrected chi connectivity index (χ2v) is 5.00. The fourth-order valence-corrected chi connectivity index (χ4v) is 2.17. The SMILES string of the molecule is Cc1cc2ncnc(Nc3ccc(O)cc3O)c2cc1C. The number of hydrogen-bond donors (Lipinski definition) is 3. The van der Waals surface area contributed by atoms with Crippen molar-refractivity contribution in [1.82, 2.24) is 9.97 Å². The van der Waals surface area contributed by atoms with E-state index in [4.69, 9.17) is 0 Å². The third-order valence-corrected chi connectivity index (χ3v) is 3.49. The van der Waals surface area contributed by atoms with E-state index in [-0.39, 0.29) is 11.5 Å². The van der Waals surface area contributed by atoms with Crippen molar-refractivity contribution in [2.45, 2.75) is 13.8 Å². The fourth-order valence-electron chi connectivity index (χ4n) is 2.17. The summed E-state index contributed by atoms with van der Waals surface area (Å²) in [6.45, 7) is 4.07. The first-order valence-electron chi connectivity index (χ1n) is 6.55. The lowest BCUT2D eigenvalue weighted by Gasteiger charge is -2.11. The smallest absolute Gasteiger partial charge is 0.142 e. The first-order chi connectivity index (χ1) is 10.0. The number of aryl methyl sites for hydroxylation is 2. The summed E-state index contributed by atoms with van der Waals surface area (Å²) in [5.41, 5.74) is 3.63. The predicted octanol–water partition coefficient (Wildman–Crippen LogP) is 3.40. The van der Waals surface area contributed by atoms with Gasteiger partial charge in [0.2, 0.25) is 0 Å². The standard InChI is InChI=1S/C16H15N3O2/c1-9-5-12-14(6-10(9)2)17-8-18-16(12)19-13-4-3-11(20)7-15(13)21/h3-8,20-21H,1-2H3,(H,17,18,19). The van der Waals surface area contributed by atoms with Gasteiger partial charge in [0.1, 0.15) is 23.6 Å². The van der Waals surface area contributed by atoms with Gasteiger partial charge in [-0.15, -0.1) is 0 Å². The van der Waals surface area contributed by atoms with Crippen LogP contribution in [-0.2, 0) is 0 Å². The molecule has 0 bridgehead atoms. The molecule has 0 unspecified atom stereocenters.